The number of aromatic nitrogens is 1. The lowest BCUT2D eigenvalue weighted by Crippen LogP contribution is -2.16. The Labute approximate surface area is 138 Å². The fraction of sp³-hybridized carbons (Fsp3) is 0.111. The number of amides is 1. The summed E-state index contributed by atoms with van der Waals surface area (Å²) in [6.07, 6.45) is 5.51. The zero-order valence-electron chi connectivity index (χ0n) is 12.9. The third-order valence-corrected chi connectivity index (χ3v) is 4.43. The first-order chi connectivity index (χ1) is 11.2. The quantitative estimate of drug-likeness (QED) is 0.793. The highest BCUT2D eigenvalue weighted by Gasteiger charge is 2.06. The molecule has 0 aliphatic carbocycles. The second-order valence-electron chi connectivity index (χ2n) is 4.95. The van der Waals surface area contributed by atoms with Crippen molar-refractivity contribution in [3.05, 3.63) is 58.0 Å². The molecule has 3 aromatic rings. The van der Waals surface area contributed by atoms with Crippen molar-refractivity contribution in [3.63, 3.8) is 0 Å². The molecule has 0 atom stereocenters. The molecule has 3 rings (SSSR count). The Hall–Kier alpha value is -2.66. The summed E-state index contributed by atoms with van der Waals surface area (Å²) in [6.45, 7) is 0. The topological polar surface area (TPSA) is 51.2 Å². The first-order valence-corrected chi connectivity index (χ1v) is 7.95. The van der Waals surface area contributed by atoms with Crippen LogP contribution in [-0.4, -0.2) is 25.0 Å². The number of hydrogen-bond acceptors (Lipinski definition) is 4. The van der Waals surface area contributed by atoms with E-state index in [9.17, 15) is 4.79 Å². The molecule has 0 saturated carbocycles. The van der Waals surface area contributed by atoms with Crippen LogP contribution in [0.3, 0.4) is 0 Å². The Morgan fingerprint density at radius 2 is 1.96 bits per heavy atom. The number of methoxy groups -OCH3 is 1. The van der Waals surface area contributed by atoms with Gasteiger partial charge in [-0.15, -0.1) is 11.3 Å². The van der Waals surface area contributed by atoms with Crippen LogP contribution in [0.25, 0.3) is 22.9 Å². The minimum atomic E-state index is -0.109. The van der Waals surface area contributed by atoms with Crippen LogP contribution in [0, 0.1) is 0 Å². The third-order valence-electron chi connectivity index (χ3n) is 3.46. The van der Waals surface area contributed by atoms with E-state index in [4.69, 9.17) is 4.74 Å². The van der Waals surface area contributed by atoms with E-state index in [0.717, 1.165) is 27.1 Å². The summed E-state index contributed by atoms with van der Waals surface area (Å²) < 4.78 is 5.24. The summed E-state index contributed by atoms with van der Waals surface area (Å²) in [5, 5.41) is 5.69. The highest BCUT2D eigenvalue weighted by molar-refractivity contribution is 7.14. The molecule has 1 amide bonds. The van der Waals surface area contributed by atoms with Gasteiger partial charge < -0.3 is 10.1 Å². The van der Waals surface area contributed by atoms with Gasteiger partial charge in [0.1, 0.15) is 15.6 Å². The van der Waals surface area contributed by atoms with Gasteiger partial charge in [-0.2, -0.15) is 0 Å². The van der Waals surface area contributed by atoms with Crippen molar-refractivity contribution in [3.8, 4) is 5.75 Å². The zero-order valence-corrected chi connectivity index (χ0v) is 13.7. The minimum Gasteiger partial charge on any atom is -0.497 e. The molecule has 23 heavy (non-hydrogen) atoms. The standard InChI is InChI=1S/C18H16N2O2S/c1-19-18(21)16-11-20-17(23-16)8-4-12-3-5-14-10-15(22-2)7-6-13(14)9-12/h3-11H,1-2H3,(H,19,21)/b8-4+. The molecule has 5 heteroatoms. The van der Waals surface area contributed by atoms with E-state index in [1.807, 2.05) is 36.4 Å². The van der Waals surface area contributed by atoms with Gasteiger partial charge in [-0.3, -0.25) is 4.79 Å². The molecule has 0 radical (unpaired) electrons. The SMILES string of the molecule is CNC(=O)c1cnc(/C=C/c2ccc3cc(OC)ccc3c2)s1. The van der Waals surface area contributed by atoms with E-state index in [-0.39, 0.29) is 5.91 Å². The number of hydrogen-bond donors (Lipinski definition) is 1. The molecular weight excluding hydrogens is 308 g/mol. The van der Waals surface area contributed by atoms with Crippen LogP contribution in [-0.2, 0) is 0 Å². The van der Waals surface area contributed by atoms with Crippen molar-refractivity contribution in [1.82, 2.24) is 10.3 Å². The second kappa shape index (κ2) is 6.62. The lowest BCUT2D eigenvalue weighted by Gasteiger charge is -2.03. The number of carbonyl (C=O) groups excluding carboxylic acids is 1. The first-order valence-electron chi connectivity index (χ1n) is 7.13. The Bertz CT molecular complexity index is 884. The van der Waals surface area contributed by atoms with Gasteiger partial charge in [0.05, 0.1) is 13.3 Å². The molecule has 0 fully saturated rings. The second-order valence-corrected chi connectivity index (χ2v) is 6.01. The van der Waals surface area contributed by atoms with Gasteiger partial charge in [-0.1, -0.05) is 24.3 Å². The van der Waals surface area contributed by atoms with Crippen molar-refractivity contribution in [2.45, 2.75) is 0 Å². The van der Waals surface area contributed by atoms with Crippen molar-refractivity contribution in [2.75, 3.05) is 14.2 Å². The van der Waals surface area contributed by atoms with E-state index in [2.05, 4.69) is 22.4 Å². The van der Waals surface area contributed by atoms with Crippen LogP contribution in [0.5, 0.6) is 5.75 Å². The predicted molar refractivity (Wildman–Crippen MR) is 94.9 cm³/mol. The Morgan fingerprint density at radius 1 is 1.17 bits per heavy atom. The van der Waals surface area contributed by atoms with Gasteiger partial charge in [0.25, 0.3) is 5.91 Å². The average Bonchev–Trinajstić information content (AvgIpc) is 3.07. The highest BCUT2D eigenvalue weighted by Crippen LogP contribution is 2.23. The van der Waals surface area contributed by atoms with Crippen LogP contribution < -0.4 is 10.1 Å². The Morgan fingerprint density at radius 3 is 2.74 bits per heavy atom. The van der Waals surface area contributed by atoms with E-state index in [1.54, 1.807) is 20.4 Å². The van der Waals surface area contributed by atoms with Gasteiger partial charge in [0.2, 0.25) is 0 Å². The average molecular weight is 324 g/mol. The number of rotatable bonds is 4. The van der Waals surface area contributed by atoms with Crippen molar-refractivity contribution in [2.24, 2.45) is 0 Å². The smallest absolute Gasteiger partial charge is 0.262 e. The largest absolute Gasteiger partial charge is 0.497 e. The zero-order chi connectivity index (χ0) is 16.2. The molecule has 1 aromatic heterocycles. The molecule has 0 saturated heterocycles. The van der Waals surface area contributed by atoms with E-state index < -0.39 is 0 Å². The van der Waals surface area contributed by atoms with E-state index in [1.165, 1.54) is 11.3 Å². The van der Waals surface area contributed by atoms with E-state index >= 15 is 0 Å². The lowest BCUT2D eigenvalue weighted by atomic mass is 10.1. The molecule has 0 spiro atoms. The number of ether oxygens (including phenoxy) is 1. The molecule has 0 bridgehead atoms. The maximum atomic E-state index is 11.5. The van der Waals surface area contributed by atoms with Crippen LogP contribution in [0.4, 0.5) is 0 Å². The fourth-order valence-electron chi connectivity index (χ4n) is 2.23. The van der Waals surface area contributed by atoms with Gasteiger partial charge in [0, 0.05) is 7.05 Å². The number of carbonyl (C=O) groups is 1. The third kappa shape index (κ3) is 3.40. The predicted octanol–water partition coefficient (Wildman–Crippen LogP) is 3.83. The maximum Gasteiger partial charge on any atom is 0.262 e. The van der Waals surface area contributed by atoms with Crippen molar-refractivity contribution >= 4 is 40.2 Å². The number of nitrogens with one attached hydrogen (secondary N) is 1. The van der Waals surface area contributed by atoms with Crippen LogP contribution in [0.1, 0.15) is 20.2 Å². The summed E-state index contributed by atoms with van der Waals surface area (Å²) >= 11 is 1.37. The number of thiazole rings is 1. The molecule has 2 aromatic carbocycles. The van der Waals surface area contributed by atoms with Crippen LogP contribution in [0.2, 0.25) is 0 Å². The Kier molecular flexibility index (Phi) is 4.39. The van der Waals surface area contributed by atoms with Gasteiger partial charge in [-0.25, -0.2) is 4.98 Å². The fourth-order valence-corrected chi connectivity index (χ4v) is 3.00. The summed E-state index contributed by atoms with van der Waals surface area (Å²) in [5.74, 6) is 0.743. The molecule has 1 N–H and O–H groups in total. The molecule has 4 nitrogen and oxygen atoms in total. The Balaban J connectivity index is 1.83. The number of fused-ring (bicyclic) bond motifs is 1. The molecule has 0 unspecified atom stereocenters. The van der Waals surface area contributed by atoms with Gasteiger partial charge in [-0.05, 0) is 40.6 Å². The van der Waals surface area contributed by atoms with Gasteiger partial charge >= 0.3 is 0 Å². The van der Waals surface area contributed by atoms with Crippen molar-refractivity contribution < 1.29 is 9.53 Å². The summed E-state index contributed by atoms with van der Waals surface area (Å²) in [6, 6.07) is 12.2. The first kappa shape index (κ1) is 15.2. The highest BCUT2D eigenvalue weighted by atomic mass is 32.1. The normalized spacial score (nSPS) is 11.0. The van der Waals surface area contributed by atoms with Crippen LogP contribution in [0.15, 0.2) is 42.6 Å². The van der Waals surface area contributed by atoms with E-state index in [0.29, 0.717) is 4.88 Å². The van der Waals surface area contributed by atoms with Crippen LogP contribution >= 0.6 is 11.3 Å². The molecule has 1 heterocycles. The summed E-state index contributed by atoms with van der Waals surface area (Å²) in [5.41, 5.74) is 1.08. The van der Waals surface area contributed by atoms with Crippen molar-refractivity contribution in [1.29, 1.82) is 0 Å². The molecule has 0 aliphatic heterocycles. The minimum absolute atomic E-state index is 0.109. The molecule has 116 valence electrons. The summed E-state index contributed by atoms with van der Waals surface area (Å²) in [4.78, 5) is 16.4. The number of nitrogens with zero attached hydrogens (tertiary/aromatic N) is 1. The molecular formula is C18H16N2O2S. The lowest BCUT2D eigenvalue weighted by molar-refractivity contribution is 0.0967. The maximum absolute atomic E-state index is 11.5. The summed E-state index contributed by atoms with van der Waals surface area (Å²) in [7, 11) is 3.28. The van der Waals surface area contributed by atoms with Gasteiger partial charge in [0.15, 0.2) is 0 Å². The monoisotopic (exact) mass is 324 g/mol. The molecule has 0 aliphatic rings. The number of benzene rings is 2.